The van der Waals surface area contributed by atoms with E-state index in [4.69, 9.17) is 5.10 Å². The number of nitrogens with one attached hydrogen (secondary N) is 2. The minimum absolute atomic E-state index is 0.114. The fourth-order valence-corrected chi connectivity index (χ4v) is 4.07. The van der Waals surface area contributed by atoms with Crippen molar-refractivity contribution in [2.24, 2.45) is 0 Å². The Labute approximate surface area is 214 Å². The van der Waals surface area contributed by atoms with Crippen LogP contribution in [0.2, 0.25) is 0 Å². The van der Waals surface area contributed by atoms with E-state index in [-0.39, 0.29) is 5.41 Å². The highest BCUT2D eigenvalue weighted by Crippen LogP contribution is 2.27. The summed E-state index contributed by atoms with van der Waals surface area (Å²) in [6.07, 6.45) is 6.74. The third-order valence-electron chi connectivity index (χ3n) is 6.26. The molecule has 2 aromatic carbocycles. The molecular formula is C30H37N5O. The summed E-state index contributed by atoms with van der Waals surface area (Å²) in [4.78, 5) is 4.26. The first-order valence-electron chi connectivity index (χ1n) is 12.7. The van der Waals surface area contributed by atoms with Crippen molar-refractivity contribution in [2.75, 3.05) is 25.0 Å². The molecule has 2 aromatic heterocycles. The summed E-state index contributed by atoms with van der Waals surface area (Å²) >= 11 is 0. The van der Waals surface area contributed by atoms with Gasteiger partial charge in [0.25, 0.3) is 0 Å². The predicted octanol–water partition coefficient (Wildman–Crippen LogP) is 5.96. The molecule has 36 heavy (non-hydrogen) atoms. The van der Waals surface area contributed by atoms with Gasteiger partial charge in [0.15, 0.2) is 0 Å². The second-order valence-corrected chi connectivity index (χ2v) is 10.2. The van der Waals surface area contributed by atoms with Crippen molar-refractivity contribution in [3.05, 3.63) is 90.3 Å². The van der Waals surface area contributed by atoms with Crippen LogP contribution in [0.15, 0.2) is 79.1 Å². The van der Waals surface area contributed by atoms with Crippen LogP contribution in [0.25, 0.3) is 16.9 Å². The van der Waals surface area contributed by atoms with Crippen LogP contribution in [0.1, 0.15) is 44.7 Å². The van der Waals surface area contributed by atoms with Gasteiger partial charge in [-0.25, -0.2) is 4.68 Å². The highest BCUT2D eigenvalue weighted by atomic mass is 16.3. The van der Waals surface area contributed by atoms with Gasteiger partial charge in [-0.15, -0.1) is 0 Å². The molecule has 0 radical (unpaired) electrons. The van der Waals surface area contributed by atoms with E-state index in [9.17, 15) is 5.11 Å². The number of phenolic OH excluding ortho intramolecular Hbond substituents is 1. The van der Waals surface area contributed by atoms with Gasteiger partial charge >= 0.3 is 0 Å². The van der Waals surface area contributed by atoms with Crippen LogP contribution in [-0.4, -0.2) is 39.5 Å². The summed E-state index contributed by atoms with van der Waals surface area (Å²) in [5.41, 5.74) is 5.60. The van der Waals surface area contributed by atoms with Gasteiger partial charge in [-0.1, -0.05) is 45.0 Å². The monoisotopic (exact) mass is 483 g/mol. The van der Waals surface area contributed by atoms with Gasteiger partial charge < -0.3 is 15.7 Å². The third-order valence-corrected chi connectivity index (χ3v) is 6.26. The van der Waals surface area contributed by atoms with Gasteiger partial charge in [-0.05, 0) is 85.3 Å². The average molecular weight is 484 g/mol. The lowest BCUT2D eigenvalue weighted by Gasteiger charge is -2.19. The normalized spacial score (nSPS) is 11.5. The standard InChI is InChI=1S/C30H37N5O/c1-30(2,3)25-10-12-26(13-11-25)35-29(21-28(34-35)24-7-6-18-32-22-24)33-19-5-4-17-31-20-16-23-8-14-27(36)15-9-23/h6-15,18,21-22,31,33,36H,4-5,16-17,19-20H2,1-3H3. The van der Waals surface area contributed by atoms with Gasteiger partial charge in [0.1, 0.15) is 11.6 Å². The number of aromatic nitrogens is 3. The minimum Gasteiger partial charge on any atom is -0.508 e. The number of pyridine rings is 1. The maximum absolute atomic E-state index is 9.38. The highest BCUT2D eigenvalue weighted by molar-refractivity contribution is 5.64. The number of benzene rings is 2. The van der Waals surface area contributed by atoms with Crippen LogP contribution in [-0.2, 0) is 11.8 Å². The number of hydrogen-bond acceptors (Lipinski definition) is 5. The molecule has 188 valence electrons. The summed E-state index contributed by atoms with van der Waals surface area (Å²) in [6, 6.07) is 22.2. The number of rotatable bonds is 11. The lowest BCUT2D eigenvalue weighted by Crippen LogP contribution is -2.19. The van der Waals surface area contributed by atoms with Crippen molar-refractivity contribution in [1.82, 2.24) is 20.1 Å². The summed E-state index contributed by atoms with van der Waals surface area (Å²) in [5.74, 6) is 1.30. The van der Waals surface area contributed by atoms with Gasteiger partial charge in [0, 0.05) is 30.6 Å². The minimum atomic E-state index is 0.114. The second kappa shape index (κ2) is 11.9. The Morgan fingerprint density at radius 2 is 1.64 bits per heavy atom. The Kier molecular flexibility index (Phi) is 8.39. The van der Waals surface area contributed by atoms with E-state index in [1.54, 1.807) is 18.3 Å². The fourth-order valence-electron chi connectivity index (χ4n) is 4.07. The summed E-state index contributed by atoms with van der Waals surface area (Å²) in [5, 5.41) is 21.4. The van der Waals surface area contributed by atoms with E-state index in [1.165, 1.54) is 11.1 Å². The predicted molar refractivity (Wildman–Crippen MR) is 148 cm³/mol. The van der Waals surface area contributed by atoms with Crippen molar-refractivity contribution in [3.63, 3.8) is 0 Å². The van der Waals surface area contributed by atoms with Gasteiger partial charge in [-0.2, -0.15) is 5.10 Å². The van der Waals surface area contributed by atoms with E-state index in [0.717, 1.165) is 61.7 Å². The van der Waals surface area contributed by atoms with Crippen molar-refractivity contribution in [2.45, 2.75) is 45.4 Å². The molecule has 0 amide bonds. The fraction of sp³-hybridized carbons (Fsp3) is 0.333. The molecule has 0 aliphatic carbocycles. The molecule has 3 N–H and O–H groups in total. The molecule has 6 nitrogen and oxygen atoms in total. The van der Waals surface area contributed by atoms with Crippen molar-refractivity contribution >= 4 is 5.82 Å². The van der Waals surface area contributed by atoms with Crippen LogP contribution in [0.4, 0.5) is 5.82 Å². The van der Waals surface area contributed by atoms with Crippen LogP contribution < -0.4 is 10.6 Å². The Hall–Kier alpha value is -3.64. The molecule has 0 saturated heterocycles. The molecule has 0 bridgehead atoms. The largest absolute Gasteiger partial charge is 0.508 e. The maximum Gasteiger partial charge on any atom is 0.130 e. The summed E-state index contributed by atoms with van der Waals surface area (Å²) < 4.78 is 1.99. The first kappa shape index (κ1) is 25.5. The molecule has 4 rings (SSSR count). The van der Waals surface area contributed by atoms with E-state index in [2.05, 4.69) is 66.7 Å². The Morgan fingerprint density at radius 1 is 0.889 bits per heavy atom. The number of hydrogen-bond donors (Lipinski definition) is 3. The Morgan fingerprint density at radius 3 is 2.33 bits per heavy atom. The van der Waals surface area contributed by atoms with Crippen LogP contribution in [0.3, 0.4) is 0 Å². The van der Waals surface area contributed by atoms with Gasteiger partial charge in [0.2, 0.25) is 0 Å². The van der Waals surface area contributed by atoms with Crippen molar-refractivity contribution in [3.8, 4) is 22.7 Å². The molecule has 0 saturated carbocycles. The second-order valence-electron chi connectivity index (χ2n) is 10.2. The number of nitrogens with zero attached hydrogens (tertiary/aromatic N) is 3. The summed E-state index contributed by atoms with van der Waals surface area (Å²) in [6.45, 7) is 9.47. The molecule has 6 heteroatoms. The zero-order chi connectivity index (χ0) is 25.4. The Bertz CT molecular complexity index is 1210. The molecular weight excluding hydrogens is 446 g/mol. The maximum atomic E-state index is 9.38. The molecule has 2 heterocycles. The Balaban J connectivity index is 1.33. The highest BCUT2D eigenvalue weighted by Gasteiger charge is 2.15. The lowest BCUT2D eigenvalue weighted by atomic mass is 9.87. The van der Waals surface area contributed by atoms with Crippen molar-refractivity contribution in [1.29, 1.82) is 0 Å². The molecule has 0 unspecified atom stereocenters. The quantitative estimate of drug-likeness (QED) is 0.230. The molecule has 0 aliphatic heterocycles. The molecule has 0 atom stereocenters. The van der Waals surface area contributed by atoms with Gasteiger partial charge in [0.05, 0.1) is 11.4 Å². The van der Waals surface area contributed by atoms with Crippen molar-refractivity contribution < 1.29 is 5.11 Å². The average Bonchev–Trinajstić information content (AvgIpc) is 3.31. The molecule has 0 aliphatic rings. The number of phenols is 1. The SMILES string of the molecule is CC(C)(C)c1ccc(-n2nc(-c3cccnc3)cc2NCCCCNCCc2ccc(O)cc2)cc1. The van der Waals surface area contributed by atoms with E-state index < -0.39 is 0 Å². The van der Waals surface area contributed by atoms with Crippen LogP contribution in [0.5, 0.6) is 5.75 Å². The lowest BCUT2D eigenvalue weighted by molar-refractivity contribution is 0.475. The van der Waals surface area contributed by atoms with Crippen LogP contribution >= 0.6 is 0 Å². The number of unbranched alkanes of at least 4 members (excludes halogenated alkanes) is 1. The molecule has 0 fully saturated rings. The first-order valence-corrected chi connectivity index (χ1v) is 12.7. The van der Waals surface area contributed by atoms with Crippen LogP contribution in [0, 0.1) is 0 Å². The number of anilines is 1. The van der Waals surface area contributed by atoms with E-state index in [1.807, 2.05) is 35.1 Å². The summed E-state index contributed by atoms with van der Waals surface area (Å²) in [7, 11) is 0. The molecule has 0 spiro atoms. The zero-order valence-electron chi connectivity index (χ0n) is 21.5. The number of aromatic hydroxyl groups is 1. The van der Waals surface area contributed by atoms with E-state index in [0.29, 0.717) is 5.75 Å². The molecule has 4 aromatic rings. The topological polar surface area (TPSA) is 75.0 Å². The van der Waals surface area contributed by atoms with Gasteiger partial charge in [-0.3, -0.25) is 4.98 Å². The first-order chi connectivity index (χ1) is 17.4. The smallest absolute Gasteiger partial charge is 0.130 e. The third kappa shape index (κ3) is 6.95. The zero-order valence-corrected chi connectivity index (χ0v) is 21.5. The van der Waals surface area contributed by atoms with E-state index >= 15 is 0 Å².